The highest BCUT2D eigenvalue weighted by Gasteiger charge is 2.34. The highest BCUT2D eigenvalue weighted by atomic mass is 32.1. The molecule has 5 unspecified atom stereocenters. The number of halogens is 6. The van der Waals surface area contributed by atoms with Crippen LogP contribution in [-0.4, -0.2) is 168 Å². The van der Waals surface area contributed by atoms with E-state index in [0.717, 1.165) is 58.9 Å². The van der Waals surface area contributed by atoms with Gasteiger partial charge in [-0.25, -0.2) is 14.0 Å². The lowest BCUT2D eigenvalue weighted by Crippen LogP contribution is -2.47. The summed E-state index contributed by atoms with van der Waals surface area (Å²) >= 11 is 0.979. The molecule has 8 amide bonds. The monoisotopic (exact) mass is 1960 g/mol. The summed E-state index contributed by atoms with van der Waals surface area (Å²) in [5.41, 5.74) is 22.4. The van der Waals surface area contributed by atoms with Crippen molar-refractivity contribution in [3.63, 3.8) is 0 Å². The molecule has 5 aromatic heterocycles. The largest absolute Gasteiger partial charge is 0.497 e. The molecule has 33 nitrogen and oxygen atoms in total. The number of amides is 8. The van der Waals surface area contributed by atoms with Crippen molar-refractivity contribution >= 4 is 94.7 Å². The predicted molar refractivity (Wildman–Crippen MR) is 513 cm³/mol. The lowest BCUT2D eigenvalue weighted by Gasteiger charge is -2.16. The Bertz CT molecular complexity index is 6920. The quantitative estimate of drug-likeness (QED) is 0.00771. The first-order chi connectivity index (χ1) is 68.9. The number of nitrogens with one attached hydrogen (secondary N) is 5. The fraction of sp³-hybridized carbons (Fsp3) is 0.146. The highest BCUT2D eigenvalue weighted by molar-refractivity contribution is 6.99. The van der Waals surface area contributed by atoms with Crippen molar-refractivity contribution in [2.24, 2.45) is 24.2 Å². The lowest BCUT2D eigenvalue weighted by atomic mass is 10.0. The van der Waals surface area contributed by atoms with Crippen molar-refractivity contribution in [2.45, 2.75) is 82.0 Å². The van der Waals surface area contributed by atoms with Crippen LogP contribution in [0.15, 0.2) is 322 Å². The number of hydrogen-bond donors (Lipinski definition) is 8. The van der Waals surface area contributed by atoms with Gasteiger partial charge in [-0.15, -0.1) is 0 Å². The number of aromatic nitrogens is 10. The molecule has 0 aliphatic rings. The summed E-state index contributed by atoms with van der Waals surface area (Å²) in [5, 5.41) is 28.3. The molecule has 0 radical (unpaired) electrons. The van der Waals surface area contributed by atoms with Crippen LogP contribution >= 0.6 is 11.7 Å². The Morgan fingerprint density at radius 3 is 0.958 bits per heavy atom. The van der Waals surface area contributed by atoms with Gasteiger partial charge in [-0.1, -0.05) is 285 Å². The maximum atomic E-state index is 13.3. The van der Waals surface area contributed by atoms with Crippen molar-refractivity contribution in [1.29, 1.82) is 0 Å². The van der Waals surface area contributed by atoms with E-state index in [1.165, 1.54) is 24.1 Å². The molecule has 0 saturated heterocycles. The highest BCUT2D eigenvalue weighted by Crippen LogP contribution is 2.31. The van der Waals surface area contributed by atoms with Gasteiger partial charge in [-0.2, -0.15) is 55.5 Å². The Labute approximate surface area is 816 Å². The number of aryl methyl sites for hydroxylation is 1. The second-order valence-electron chi connectivity index (χ2n) is 31.1. The first kappa shape index (κ1) is 105. The topological polar surface area (TPSA) is 483 Å². The number of hydrogen-bond acceptors (Lipinski definition) is 22. The number of ketones is 4. The van der Waals surface area contributed by atoms with E-state index in [2.05, 4.69) is 55.7 Å². The second-order valence-corrected chi connectivity index (χ2v) is 31.7. The molecule has 0 aliphatic heterocycles. The third-order valence-corrected chi connectivity index (χ3v) is 21.6. The van der Waals surface area contributed by atoms with E-state index in [1.807, 2.05) is 97.1 Å². The maximum Gasteiger partial charge on any atom is 0.333 e. The summed E-state index contributed by atoms with van der Waals surface area (Å²) in [6.45, 7) is -8.82. The van der Waals surface area contributed by atoms with Gasteiger partial charge in [0.25, 0.3) is 47.3 Å². The number of aldehydes is 2. The van der Waals surface area contributed by atoms with Crippen LogP contribution in [0.25, 0.3) is 45.0 Å². The number of rotatable bonds is 38. The van der Waals surface area contributed by atoms with Crippen molar-refractivity contribution in [3.05, 3.63) is 389 Å². The molecule has 0 aliphatic carbocycles. The van der Waals surface area contributed by atoms with Gasteiger partial charge in [0.1, 0.15) is 64.9 Å². The minimum absolute atomic E-state index is 0.00156. The predicted octanol–water partition coefficient (Wildman–Crippen LogP) is 12.0. The van der Waals surface area contributed by atoms with Crippen LogP contribution in [-0.2, 0) is 77.5 Å². The summed E-state index contributed by atoms with van der Waals surface area (Å²) in [6.07, 6.45) is 6.36. The van der Waals surface area contributed by atoms with E-state index in [9.17, 15) is 93.5 Å². The van der Waals surface area contributed by atoms with Gasteiger partial charge in [0.05, 0.1) is 53.2 Å². The Hall–Kier alpha value is -18.2. The molecular formula is C103H90F6N18O15S. The molecule has 15 rings (SSSR count). The summed E-state index contributed by atoms with van der Waals surface area (Å²) in [5.74, 6) is -9.89. The number of carbonyl (C=O) groups is 14. The maximum absolute atomic E-state index is 13.3. The zero-order chi connectivity index (χ0) is 103. The number of methoxy groups -OCH3 is 1. The summed E-state index contributed by atoms with van der Waals surface area (Å²) in [4.78, 5) is 171. The number of nitrogens with zero attached hydrogens (tertiary/aromatic N) is 10. The van der Waals surface area contributed by atoms with Gasteiger partial charge in [0.2, 0.25) is 23.1 Å². The fourth-order valence-corrected chi connectivity index (χ4v) is 14.7. The van der Waals surface area contributed by atoms with E-state index in [4.69, 9.17) is 21.9 Å². The zero-order valence-corrected chi connectivity index (χ0v) is 76.7. The number of benzene rings is 10. The number of ether oxygens (including phenoxy) is 1. The molecule has 730 valence electrons. The molecule has 15 aromatic rings. The van der Waals surface area contributed by atoms with Crippen LogP contribution in [0.1, 0.15) is 115 Å². The van der Waals surface area contributed by atoms with Gasteiger partial charge >= 0.3 is 19.6 Å². The van der Waals surface area contributed by atoms with Crippen LogP contribution in [0.2, 0.25) is 0 Å². The fourth-order valence-electron chi connectivity index (χ4n) is 14.1. The van der Waals surface area contributed by atoms with Crippen molar-refractivity contribution in [3.8, 4) is 50.8 Å². The summed E-state index contributed by atoms with van der Waals surface area (Å²) < 4.78 is 95.0. The van der Waals surface area contributed by atoms with Gasteiger partial charge in [0, 0.05) is 78.9 Å². The summed E-state index contributed by atoms with van der Waals surface area (Å²) in [6, 6.07) is 81.0. The normalized spacial score (nSPS) is 11.7. The Balaban J connectivity index is 0.000000171. The number of carbonyl (C=O) groups excluding carboxylic acids is 14. The Kier molecular flexibility index (Phi) is 38.1. The molecule has 5 heterocycles. The van der Waals surface area contributed by atoms with E-state index < -0.39 is 120 Å². The molecule has 0 spiro atoms. The standard InChI is InChI=1S/C22H20F2N4O4.C22H20N4O4.C21H18F2N4O3.C20H17F2N3O2.C18H15N3O2S/c1-32-15-9-5-8-14(11-15)18-16(12-28(27-18)22(23)24)21(31)26-17(19(29)20(25)30)10-13-6-3-2-4-7-13;1-26-13-16(18(25-26)19(27)15-10-6-3-7-11-15)22(30)24-17(20(28)21(23)29)12-14-8-4-2-5-9-14;22-21(23)27-12-15(17(26-27)14-9-5-2-6-10-14)20(30)25-16(18(28)19(24)29)11-13-7-3-1-4-8-13;21-20(22)25-12-17(18(24-25)15-9-5-2-6-10-15)19(27)23-16(13-26)11-14-7-3-1-4-8-14;22-12-15(11-13-7-3-1-4-8-13)19-18(23)17-16(20-24-21-17)14-9-5-2-6-10-14/h2-9,11-12,17,22H,10H2,1H3,(H2,25,30)(H,26,31);2-11,13,17H,12H2,1H3,(H2,23,29)(H,24,30);1-10,12,16,21H,11H2,(H2,24,29)(H,25,30);1-10,12-13,16,20H,11H2,(H,23,27);1-10,12,15H,11H2,(H,19,23). The van der Waals surface area contributed by atoms with Gasteiger partial charge < -0.3 is 58.1 Å². The van der Waals surface area contributed by atoms with Gasteiger partial charge in [-0.3, -0.25) is 62.2 Å². The third kappa shape index (κ3) is 29.9. The van der Waals surface area contributed by atoms with Crippen LogP contribution in [0, 0.1) is 0 Å². The third-order valence-electron chi connectivity index (χ3n) is 21.0. The van der Waals surface area contributed by atoms with Crippen molar-refractivity contribution in [2.75, 3.05) is 7.11 Å². The lowest BCUT2D eigenvalue weighted by molar-refractivity contribution is -0.137. The van der Waals surface area contributed by atoms with Crippen LogP contribution in [0.5, 0.6) is 5.75 Å². The second kappa shape index (κ2) is 51.8. The van der Waals surface area contributed by atoms with E-state index in [0.29, 0.717) is 78.0 Å². The smallest absolute Gasteiger partial charge is 0.333 e. The molecule has 40 heteroatoms. The molecule has 11 N–H and O–H groups in total. The van der Waals surface area contributed by atoms with E-state index in [-0.39, 0.29) is 70.0 Å². The van der Waals surface area contributed by atoms with Gasteiger partial charge in [-0.05, 0) is 52.8 Å². The number of primary amides is 3. The van der Waals surface area contributed by atoms with Crippen LogP contribution in [0.3, 0.4) is 0 Å². The molecule has 0 saturated carbocycles. The minimum atomic E-state index is -2.99. The average Bonchev–Trinajstić information content (AvgIpc) is 1.66. The van der Waals surface area contributed by atoms with Crippen LogP contribution in [0.4, 0.5) is 26.3 Å². The molecule has 0 bridgehead atoms. The average molecular weight is 1970 g/mol. The molecule has 10 aromatic carbocycles. The number of alkyl halides is 6. The SMILES string of the molecule is COc1cccc(-c2nn(C(F)F)cc2C(=O)NC(Cc2ccccc2)C(=O)C(N)=O)c1.Cn1cc(C(=O)NC(Cc2ccccc2)C(=O)C(N)=O)c(C(=O)c2ccccc2)n1.NC(=O)C(=O)C(Cc1ccccc1)NC(=O)c1cn(C(F)F)nc1-c1ccccc1.O=CC(Cc1ccccc1)NC(=O)c1cn(C(F)F)nc1-c1ccccc1.O=CC(Cc1ccccc1)NC(=O)c1nsnc1-c1ccccc1. The number of nitrogens with two attached hydrogens (primary N) is 3. The zero-order valence-electron chi connectivity index (χ0n) is 75.9. The van der Waals surface area contributed by atoms with Crippen molar-refractivity contribution < 1.29 is 98.2 Å². The molecular weight excluding hydrogens is 1880 g/mol. The molecule has 5 atom stereocenters. The Morgan fingerprint density at radius 2 is 0.629 bits per heavy atom. The molecule has 143 heavy (non-hydrogen) atoms. The van der Waals surface area contributed by atoms with Gasteiger partial charge in [0.15, 0.2) is 5.69 Å². The minimum Gasteiger partial charge on any atom is -0.497 e. The van der Waals surface area contributed by atoms with E-state index >= 15 is 0 Å². The van der Waals surface area contributed by atoms with Crippen molar-refractivity contribution in [1.82, 2.24) is 74.5 Å². The first-order valence-corrected chi connectivity index (χ1v) is 44.2. The van der Waals surface area contributed by atoms with Crippen LogP contribution < -0.4 is 48.5 Å². The molecule has 0 fully saturated rings. The Morgan fingerprint density at radius 1 is 0.336 bits per heavy atom. The number of Topliss-reactive ketones (excluding diaryl/α,β-unsaturated/α-hetero) is 3. The first-order valence-electron chi connectivity index (χ1n) is 43.4. The summed E-state index contributed by atoms with van der Waals surface area (Å²) in [7, 11) is 3.02. The van der Waals surface area contributed by atoms with E-state index in [1.54, 1.807) is 201 Å².